The molecule has 1 aliphatic rings. The van der Waals surface area contributed by atoms with E-state index in [1.807, 2.05) is 12.4 Å². The first-order chi connectivity index (χ1) is 4.47. The topological polar surface area (TPSA) is 17.8 Å². The van der Waals surface area contributed by atoms with E-state index in [4.69, 9.17) is 0 Å². The van der Waals surface area contributed by atoms with Crippen LogP contribution in [0.1, 0.15) is 12.2 Å². The molecule has 1 aliphatic heterocycles. The van der Waals surface area contributed by atoms with Crippen LogP contribution in [0.4, 0.5) is 0 Å². The average Bonchev–Trinajstić information content (AvgIpc) is 2.33. The van der Waals surface area contributed by atoms with Crippen LogP contribution in [0.3, 0.4) is 0 Å². The van der Waals surface area contributed by atoms with Gasteiger partial charge < -0.3 is 4.57 Å². The first kappa shape index (κ1) is 5.03. The van der Waals surface area contributed by atoms with Crippen molar-refractivity contribution in [2.24, 2.45) is 0 Å². The van der Waals surface area contributed by atoms with Gasteiger partial charge in [0.1, 0.15) is 5.82 Å². The van der Waals surface area contributed by atoms with Crippen molar-refractivity contribution >= 4 is 0 Å². The van der Waals surface area contributed by atoms with Crippen LogP contribution < -0.4 is 0 Å². The minimum atomic E-state index is 1.05. The Labute approximate surface area is 54.5 Å². The van der Waals surface area contributed by atoms with Gasteiger partial charge in [0.05, 0.1) is 0 Å². The Kier molecular flexibility index (Phi) is 1.04. The molecule has 1 radical (unpaired) electrons. The summed E-state index contributed by atoms with van der Waals surface area (Å²) in [6.45, 7) is 1.12. The molecule has 2 rings (SSSR count). The molecule has 0 N–H and O–H groups in total. The second kappa shape index (κ2) is 1.87. The van der Waals surface area contributed by atoms with Crippen LogP contribution in [0.25, 0.3) is 0 Å². The van der Waals surface area contributed by atoms with E-state index in [1.165, 1.54) is 12.2 Å². The smallest absolute Gasteiger partial charge is 0.108 e. The van der Waals surface area contributed by atoms with E-state index in [0.717, 1.165) is 13.0 Å². The van der Waals surface area contributed by atoms with Crippen LogP contribution in [0.2, 0.25) is 0 Å². The molecule has 0 fully saturated rings. The summed E-state index contributed by atoms with van der Waals surface area (Å²) < 4.78 is 2.21. The predicted molar refractivity (Wildman–Crippen MR) is 34.8 cm³/mol. The number of aromatic nitrogens is 2. The zero-order valence-corrected chi connectivity index (χ0v) is 5.25. The molecule has 2 heterocycles. The quantitative estimate of drug-likeness (QED) is 0.501. The van der Waals surface area contributed by atoms with Gasteiger partial charge in [0.15, 0.2) is 0 Å². The molecular weight excluding hydrogens is 112 g/mol. The van der Waals surface area contributed by atoms with Crippen molar-refractivity contribution in [2.45, 2.75) is 19.4 Å². The van der Waals surface area contributed by atoms with E-state index >= 15 is 0 Å². The van der Waals surface area contributed by atoms with Crippen LogP contribution in [-0.4, -0.2) is 9.55 Å². The van der Waals surface area contributed by atoms with Gasteiger partial charge in [-0.1, -0.05) is 0 Å². The van der Waals surface area contributed by atoms with Crippen molar-refractivity contribution in [3.63, 3.8) is 0 Å². The normalized spacial score (nSPS) is 17.3. The third-order valence-corrected chi connectivity index (χ3v) is 1.70. The van der Waals surface area contributed by atoms with E-state index in [1.54, 1.807) is 0 Å². The number of aryl methyl sites for hydroxylation is 1. The molecule has 0 unspecified atom stereocenters. The second-order valence-electron chi connectivity index (χ2n) is 2.32. The maximum Gasteiger partial charge on any atom is 0.108 e. The van der Waals surface area contributed by atoms with E-state index in [0.29, 0.717) is 0 Å². The summed E-state index contributed by atoms with van der Waals surface area (Å²) in [4.78, 5) is 4.19. The standard InChI is InChI=1S/C7H9N2/c1-2-5-9-6-4-8-7(9)3-1/h1,4,6H,2-3,5H2. The Morgan fingerprint density at radius 2 is 2.56 bits per heavy atom. The lowest BCUT2D eigenvalue weighted by molar-refractivity contribution is 0.598. The van der Waals surface area contributed by atoms with Crippen LogP contribution in [-0.2, 0) is 13.0 Å². The van der Waals surface area contributed by atoms with Gasteiger partial charge in [-0.2, -0.15) is 0 Å². The molecule has 0 aromatic carbocycles. The molecule has 9 heavy (non-hydrogen) atoms. The molecule has 2 nitrogen and oxygen atoms in total. The Morgan fingerprint density at radius 3 is 3.44 bits per heavy atom. The third-order valence-electron chi connectivity index (χ3n) is 1.70. The number of fused-ring (bicyclic) bond motifs is 1. The van der Waals surface area contributed by atoms with E-state index < -0.39 is 0 Å². The lowest BCUT2D eigenvalue weighted by atomic mass is 10.2. The number of hydrogen-bond acceptors (Lipinski definition) is 1. The summed E-state index contributed by atoms with van der Waals surface area (Å²) in [5.41, 5.74) is 0. The highest BCUT2D eigenvalue weighted by Gasteiger charge is 2.06. The first-order valence-electron chi connectivity index (χ1n) is 3.28. The second-order valence-corrected chi connectivity index (χ2v) is 2.32. The lowest BCUT2D eigenvalue weighted by Gasteiger charge is -2.11. The van der Waals surface area contributed by atoms with E-state index in [-0.39, 0.29) is 0 Å². The largest absolute Gasteiger partial charge is 0.335 e. The SMILES string of the molecule is [CH]1CCn2ccnc2C1. The molecule has 2 heteroatoms. The van der Waals surface area contributed by atoms with E-state index in [2.05, 4.69) is 16.0 Å². The molecule has 1 aromatic heterocycles. The molecule has 1 aromatic rings. The number of nitrogens with zero attached hydrogens (tertiary/aromatic N) is 2. The average molecular weight is 121 g/mol. The number of hydrogen-bond donors (Lipinski definition) is 0. The Balaban J connectivity index is 2.39. The molecule has 0 atom stereocenters. The Hall–Kier alpha value is -0.790. The summed E-state index contributed by atoms with van der Waals surface area (Å²) >= 11 is 0. The van der Waals surface area contributed by atoms with Gasteiger partial charge in [-0.3, -0.25) is 0 Å². The van der Waals surface area contributed by atoms with Gasteiger partial charge in [-0.05, 0) is 12.8 Å². The lowest BCUT2D eigenvalue weighted by Crippen LogP contribution is -2.09. The maximum absolute atomic E-state index is 4.19. The monoisotopic (exact) mass is 121 g/mol. The molecule has 0 amide bonds. The number of imidazole rings is 1. The van der Waals surface area contributed by atoms with Crippen molar-refractivity contribution in [2.75, 3.05) is 0 Å². The highest BCUT2D eigenvalue weighted by molar-refractivity contribution is 4.99. The zero-order valence-electron chi connectivity index (χ0n) is 5.25. The number of rotatable bonds is 0. The molecular formula is C7H9N2. The zero-order chi connectivity index (χ0) is 6.10. The van der Waals surface area contributed by atoms with Gasteiger partial charge in [0.25, 0.3) is 0 Å². The summed E-state index contributed by atoms with van der Waals surface area (Å²) in [7, 11) is 0. The predicted octanol–water partition coefficient (Wildman–Crippen LogP) is 1.03. The van der Waals surface area contributed by atoms with Gasteiger partial charge in [-0.15, -0.1) is 0 Å². The van der Waals surface area contributed by atoms with Crippen molar-refractivity contribution in [1.29, 1.82) is 0 Å². The maximum atomic E-state index is 4.19. The van der Waals surface area contributed by atoms with E-state index in [9.17, 15) is 0 Å². The van der Waals surface area contributed by atoms with Crippen LogP contribution in [0.5, 0.6) is 0 Å². The summed E-state index contributed by atoms with van der Waals surface area (Å²) in [5, 5.41) is 0. The van der Waals surface area contributed by atoms with Gasteiger partial charge >= 0.3 is 0 Å². The molecule has 0 saturated heterocycles. The van der Waals surface area contributed by atoms with Crippen LogP contribution in [0.15, 0.2) is 12.4 Å². The van der Waals surface area contributed by atoms with Gasteiger partial charge in [0, 0.05) is 25.4 Å². The van der Waals surface area contributed by atoms with Crippen LogP contribution >= 0.6 is 0 Å². The van der Waals surface area contributed by atoms with Gasteiger partial charge in [0.2, 0.25) is 0 Å². The Morgan fingerprint density at radius 1 is 1.56 bits per heavy atom. The summed E-state index contributed by atoms with van der Waals surface area (Å²) in [6.07, 6.45) is 8.44. The van der Waals surface area contributed by atoms with Crippen molar-refractivity contribution in [3.8, 4) is 0 Å². The molecule has 0 aliphatic carbocycles. The first-order valence-corrected chi connectivity index (χ1v) is 3.28. The molecule has 47 valence electrons. The highest BCUT2D eigenvalue weighted by atomic mass is 15.1. The fourth-order valence-corrected chi connectivity index (χ4v) is 1.20. The fraction of sp³-hybridized carbons (Fsp3) is 0.429. The molecule has 0 spiro atoms. The summed E-state index contributed by atoms with van der Waals surface area (Å²) in [6, 6.07) is 0. The fourth-order valence-electron chi connectivity index (χ4n) is 1.20. The van der Waals surface area contributed by atoms with Crippen molar-refractivity contribution < 1.29 is 0 Å². The minimum Gasteiger partial charge on any atom is -0.335 e. The van der Waals surface area contributed by atoms with Gasteiger partial charge in [-0.25, -0.2) is 4.98 Å². The third kappa shape index (κ3) is 0.745. The van der Waals surface area contributed by atoms with Crippen molar-refractivity contribution in [3.05, 3.63) is 24.6 Å². The molecule has 0 saturated carbocycles. The van der Waals surface area contributed by atoms with Crippen molar-refractivity contribution in [1.82, 2.24) is 9.55 Å². The minimum absolute atomic E-state index is 1.05. The highest BCUT2D eigenvalue weighted by Crippen LogP contribution is 2.09. The Bertz CT molecular complexity index is 182. The van der Waals surface area contributed by atoms with Crippen LogP contribution in [0, 0.1) is 6.42 Å². The summed E-state index contributed by atoms with van der Waals surface area (Å²) in [5.74, 6) is 1.21. The molecule has 0 bridgehead atoms.